The molecule has 1 aliphatic heterocycles. The van der Waals surface area contributed by atoms with Crippen LogP contribution in [-0.2, 0) is 11.3 Å². The number of nitrogens with zero attached hydrogens (tertiary/aromatic N) is 2. The lowest BCUT2D eigenvalue weighted by Crippen LogP contribution is -2.36. The van der Waals surface area contributed by atoms with Crippen LogP contribution in [0, 0.1) is 11.7 Å². The fourth-order valence-electron chi connectivity index (χ4n) is 3.39. The number of carboxylic acid groups (broad SMARTS) is 1. The van der Waals surface area contributed by atoms with Gasteiger partial charge in [0.05, 0.1) is 5.92 Å². The zero-order chi connectivity index (χ0) is 19.4. The first kappa shape index (κ1) is 18.9. The number of carboxylic acids is 1. The highest BCUT2D eigenvalue weighted by Crippen LogP contribution is 2.24. The molecular formula is C21H23FN2O3. The second kappa shape index (κ2) is 8.20. The SMILES string of the molecule is CN(Cc1cccc(N2CCC(C(=O)O)CC2)c1)C(=O)c1ccc(F)cc1. The fraction of sp³-hybridized carbons (Fsp3) is 0.333. The lowest BCUT2D eigenvalue weighted by Gasteiger charge is -2.32. The summed E-state index contributed by atoms with van der Waals surface area (Å²) in [4.78, 5) is 27.4. The highest BCUT2D eigenvalue weighted by atomic mass is 19.1. The van der Waals surface area contributed by atoms with E-state index in [0.29, 0.717) is 38.0 Å². The van der Waals surface area contributed by atoms with Crippen molar-refractivity contribution < 1.29 is 19.1 Å². The largest absolute Gasteiger partial charge is 0.481 e. The number of halogens is 1. The molecule has 1 amide bonds. The Labute approximate surface area is 158 Å². The van der Waals surface area contributed by atoms with Gasteiger partial charge in [0, 0.05) is 37.9 Å². The van der Waals surface area contributed by atoms with E-state index in [1.54, 1.807) is 11.9 Å². The molecule has 0 atom stereocenters. The van der Waals surface area contributed by atoms with Crippen LogP contribution in [0.5, 0.6) is 0 Å². The minimum absolute atomic E-state index is 0.164. The quantitative estimate of drug-likeness (QED) is 0.876. The second-order valence-electron chi connectivity index (χ2n) is 6.94. The molecule has 142 valence electrons. The summed E-state index contributed by atoms with van der Waals surface area (Å²) in [6.45, 7) is 1.87. The summed E-state index contributed by atoms with van der Waals surface area (Å²) < 4.78 is 13.0. The minimum Gasteiger partial charge on any atom is -0.481 e. The van der Waals surface area contributed by atoms with Crippen molar-refractivity contribution in [2.45, 2.75) is 19.4 Å². The Hall–Kier alpha value is -2.89. The molecule has 2 aromatic rings. The van der Waals surface area contributed by atoms with Crippen LogP contribution < -0.4 is 4.90 Å². The number of aliphatic carboxylic acids is 1. The Bertz CT molecular complexity index is 814. The first-order chi connectivity index (χ1) is 12.9. The van der Waals surface area contributed by atoms with Crippen molar-refractivity contribution in [1.29, 1.82) is 0 Å². The number of carbonyl (C=O) groups excluding carboxylic acids is 1. The van der Waals surface area contributed by atoms with E-state index in [1.807, 2.05) is 24.3 Å². The number of piperidine rings is 1. The average Bonchev–Trinajstić information content (AvgIpc) is 2.68. The fourth-order valence-corrected chi connectivity index (χ4v) is 3.39. The standard InChI is InChI=1S/C21H23FN2O3/c1-23(20(25)16-5-7-18(22)8-6-16)14-15-3-2-4-19(13-15)24-11-9-17(10-12-24)21(26)27/h2-8,13,17H,9-12,14H2,1H3,(H,26,27). The molecule has 0 aliphatic carbocycles. The summed E-state index contributed by atoms with van der Waals surface area (Å²) in [7, 11) is 1.72. The molecule has 3 rings (SSSR count). The summed E-state index contributed by atoms with van der Waals surface area (Å²) in [5.74, 6) is -1.51. The maximum absolute atomic E-state index is 13.0. The summed E-state index contributed by atoms with van der Waals surface area (Å²) in [6.07, 6.45) is 1.28. The van der Waals surface area contributed by atoms with E-state index in [9.17, 15) is 14.0 Å². The molecule has 0 aromatic heterocycles. The van der Waals surface area contributed by atoms with Crippen LogP contribution in [-0.4, -0.2) is 42.0 Å². The van der Waals surface area contributed by atoms with Crippen molar-refractivity contribution in [3.8, 4) is 0 Å². The van der Waals surface area contributed by atoms with Crippen LogP contribution in [0.1, 0.15) is 28.8 Å². The van der Waals surface area contributed by atoms with Gasteiger partial charge >= 0.3 is 5.97 Å². The maximum Gasteiger partial charge on any atom is 0.306 e. The number of hydrogen-bond acceptors (Lipinski definition) is 3. The van der Waals surface area contributed by atoms with E-state index in [1.165, 1.54) is 24.3 Å². The van der Waals surface area contributed by atoms with Gasteiger partial charge in [0.25, 0.3) is 5.91 Å². The van der Waals surface area contributed by atoms with E-state index in [-0.39, 0.29) is 17.6 Å². The van der Waals surface area contributed by atoms with Crippen molar-refractivity contribution in [1.82, 2.24) is 4.90 Å². The van der Waals surface area contributed by atoms with Crippen molar-refractivity contribution in [2.24, 2.45) is 5.92 Å². The zero-order valence-electron chi connectivity index (χ0n) is 15.3. The molecule has 0 radical (unpaired) electrons. The molecule has 1 fully saturated rings. The third-order valence-corrected chi connectivity index (χ3v) is 4.98. The van der Waals surface area contributed by atoms with Crippen LogP contribution in [0.3, 0.4) is 0 Å². The smallest absolute Gasteiger partial charge is 0.306 e. The molecule has 0 spiro atoms. The van der Waals surface area contributed by atoms with Crippen LogP contribution in [0.25, 0.3) is 0 Å². The molecule has 1 aliphatic rings. The molecule has 0 saturated carbocycles. The van der Waals surface area contributed by atoms with Crippen LogP contribution in [0.4, 0.5) is 10.1 Å². The lowest BCUT2D eigenvalue weighted by atomic mass is 9.96. The summed E-state index contributed by atoms with van der Waals surface area (Å²) in [5, 5.41) is 9.12. The van der Waals surface area contributed by atoms with Gasteiger partial charge in [-0.25, -0.2) is 4.39 Å². The normalized spacial score (nSPS) is 14.8. The van der Waals surface area contributed by atoms with Crippen LogP contribution >= 0.6 is 0 Å². The molecule has 27 heavy (non-hydrogen) atoms. The predicted octanol–water partition coefficient (Wildman–Crippen LogP) is 3.40. The first-order valence-corrected chi connectivity index (χ1v) is 9.02. The van der Waals surface area contributed by atoms with Gasteiger partial charge in [0.15, 0.2) is 0 Å². The Morgan fingerprint density at radius 3 is 2.44 bits per heavy atom. The predicted molar refractivity (Wildman–Crippen MR) is 101 cm³/mol. The van der Waals surface area contributed by atoms with Gasteiger partial charge in [-0.15, -0.1) is 0 Å². The molecule has 0 bridgehead atoms. The molecule has 2 aromatic carbocycles. The van der Waals surface area contributed by atoms with Crippen molar-refractivity contribution in [3.05, 3.63) is 65.5 Å². The Kier molecular flexibility index (Phi) is 5.74. The number of hydrogen-bond donors (Lipinski definition) is 1. The van der Waals surface area contributed by atoms with Crippen LogP contribution in [0.2, 0.25) is 0 Å². The van der Waals surface area contributed by atoms with E-state index >= 15 is 0 Å². The highest BCUT2D eigenvalue weighted by molar-refractivity contribution is 5.94. The van der Waals surface area contributed by atoms with Crippen molar-refractivity contribution in [2.75, 3.05) is 25.0 Å². The number of benzene rings is 2. The average molecular weight is 370 g/mol. The Morgan fingerprint density at radius 2 is 1.81 bits per heavy atom. The van der Waals surface area contributed by atoms with Gasteiger partial charge < -0.3 is 14.9 Å². The lowest BCUT2D eigenvalue weighted by molar-refractivity contribution is -0.142. The molecule has 1 heterocycles. The Balaban J connectivity index is 1.64. The summed E-state index contributed by atoms with van der Waals surface area (Å²) in [5.41, 5.74) is 2.48. The van der Waals surface area contributed by atoms with E-state index in [0.717, 1.165) is 11.3 Å². The van der Waals surface area contributed by atoms with E-state index < -0.39 is 5.97 Å². The van der Waals surface area contributed by atoms with Gasteiger partial charge in [-0.3, -0.25) is 9.59 Å². The number of anilines is 1. The summed E-state index contributed by atoms with van der Waals surface area (Å²) >= 11 is 0. The molecule has 0 unspecified atom stereocenters. The van der Waals surface area contributed by atoms with Gasteiger partial charge in [-0.2, -0.15) is 0 Å². The maximum atomic E-state index is 13.0. The van der Waals surface area contributed by atoms with Gasteiger partial charge in [0.1, 0.15) is 5.82 Å². The van der Waals surface area contributed by atoms with Crippen LogP contribution in [0.15, 0.2) is 48.5 Å². The second-order valence-corrected chi connectivity index (χ2v) is 6.94. The van der Waals surface area contributed by atoms with E-state index in [2.05, 4.69) is 4.90 Å². The molecule has 1 N–H and O–H groups in total. The van der Waals surface area contributed by atoms with Gasteiger partial charge in [0.2, 0.25) is 0 Å². The number of rotatable bonds is 5. The number of carbonyl (C=O) groups is 2. The van der Waals surface area contributed by atoms with Crippen molar-refractivity contribution in [3.63, 3.8) is 0 Å². The topological polar surface area (TPSA) is 60.9 Å². The zero-order valence-corrected chi connectivity index (χ0v) is 15.3. The first-order valence-electron chi connectivity index (χ1n) is 9.02. The molecule has 5 nitrogen and oxygen atoms in total. The minimum atomic E-state index is -0.718. The molecule has 6 heteroatoms. The van der Waals surface area contributed by atoms with Gasteiger partial charge in [-0.1, -0.05) is 12.1 Å². The molecule has 1 saturated heterocycles. The monoisotopic (exact) mass is 370 g/mol. The van der Waals surface area contributed by atoms with Gasteiger partial charge in [-0.05, 0) is 54.8 Å². The molecular weight excluding hydrogens is 347 g/mol. The Morgan fingerprint density at radius 1 is 1.15 bits per heavy atom. The third kappa shape index (κ3) is 4.64. The van der Waals surface area contributed by atoms with E-state index in [4.69, 9.17) is 5.11 Å². The van der Waals surface area contributed by atoms with Crippen molar-refractivity contribution >= 4 is 17.6 Å². The summed E-state index contributed by atoms with van der Waals surface area (Å²) in [6, 6.07) is 13.5. The highest BCUT2D eigenvalue weighted by Gasteiger charge is 2.24. The number of amides is 1. The third-order valence-electron chi connectivity index (χ3n) is 4.98.